The molecule has 75 heavy (non-hydrogen) atoms. The molecule has 14 bridgehead atoms. The van der Waals surface area contributed by atoms with Gasteiger partial charge in [-0.25, -0.2) is 0 Å². The van der Waals surface area contributed by atoms with Gasteiger partial charge in [-0.1, -0.05) is 0 Å². The van der Waals surface area contributed by atoms with Crippen LogP contribution in [0.5, 0.6) is 0 Å². The van der Waals surface area contributed by atoms with Gasteiger partial charge < -0.3 is 153 Å². The van der Waals surface area contributed by atoms with Crippen LogP contribution in [0, 0.1) is 0 Å². The van der Waals surface area contributed by atoms with E-state index < -0.39 is 258 Å². The summed E-state index contributed by atoms with van der Waals surface area (Å²) >= 11 is 2.48. The number of hydrogen-bond donors (Lipinski definition) is 17. The number of ether oxygens (including phenoxy) is 14. The predicted molar refractivity (Wildman–Crippen MR) is 235 cm³/mol. The van der Waals surface area contributed by atoms with E-state index in [1.54, 1.807) is 0 Å². The summed E-state index contributed by atoms with van der Waals surface area (Å²) < 4.78 is 83.0. The molecule has 0 aliphatic carbocycles. The Morgan fingerprint density at radius 2 is 0.373 bits per heavy atom. The standard InChI is InChI=1S/C42H66O31S2/c43-1-8-25-15(50)21(56)37(61-8)69-27-10(3-45)63-39(23(58)17(27)52)72-30-13(6-48)66-42(35-32(30)74-35)71-29-12(5-47)64-40(24(59)19(29)54)73-31-14(7-49)65-41(34-33(31)75-34)70-28-11(4-46)62-38(22(57)18(28)53)68-26-9(2-44)60-36(67-25)20(55)16(26)51/h8-59H,1-7H2/t8-,9-,10-,11-,12-,13-,14-,15-,16-,17-,18-,19-,20-,21-,22-,23-,24-,25-,26-,27-,28-,29-,30-,31-,32+,33+,34+,35+,36-,37-,38-,39-,40-,41-,42-/m1/s1. The van der Waals surface area contributed by atoms with E-state index in [4.69, 9.17) is 66.3 Å². The molecular formula is C42H66O31S2. The molecule has 0 aromatic carbocycles. The molecule has 432 valence electrons. The maximum Gasteiger partial charge on any atom is 0.187 e. The fourth-order valence-electron chi connectivity index (χ4n) is 10.9. The summed E-state index contributed by atoms with van der Waals surface area (Å²) in [6, 6.07) is 0. The van der Waals surface area contributed by atoms with Gasteiger partial charge in [-0.3, -0.25) is 0 Å². The highest BCUT2D eigenvalue weighted by atomic mass is 32.2. The lowest BCUT2D eigenvalue weighted by molar-refractivity contribution is -0.392. The van der Waals surface area contributed by atoms with E-state index in [0.29, 0.717) is 0 Å². The number of fused-ring (bicyclic) bond motifs is 2. The Kier molecular flexibility index (Phi) is 18.3. The summed E-state index contributed by atoms with van der Waals surface area (Å²) in [4.78, 5) is 0. The van der Waals surface area contributed by atoms with Crippen LogP contribution in [-0.4, -0.2) is 345 Å². The quantitative estimate of drug-likeness (QED) is 0.105. The maximum absolute atomic E-state index is 11.5. The first-order chi connectivity index (χ1) is 36.0. The van der Waals surface area contributed by atoms with Gasteiger partial charge in [-0.15, -0.1) is 23.5 Å². The Morgan fingerprint density at radius 1 is 0.200 bits per heavy atom. The Hall–Kier alpha value is -0.540. The molecule has 21 heterocycles. The minimum absolute atomic E-state index is 0.538. The van der Waals surface area contributed by atoms with Gasteiger partial charge in [0.15, 0.2) is 44.0 Å². The molecule has 0 radical (unpaired) electrons. The third-order valence-corrected chi connectivity index (χ3v) is 17.9. The van der Waals surface area contributed by atoms with E-state index in [1.165, 1.54) is 23.5 Å². The molecule has 0 unspecified atom stereocenters. The minimum atomic E-state index is -2.12. The molecule has 0 aromatic rings. The first-order valence-corrected chi connectivity index (χ1v) is 26.4. The topological polar surface area (TPSA) is 473 Å². The van der Waals surface area contributed by atoms with Crippen molar-refractivity contribution in [1.29, 1.82) is 0 Å². The smallest absolute Gasteiger partial charge is 0.187 e. The molecule has 21 saturated heterocycles. The molecule has 0 spiro atoms. The lowest BCUT2D eigenvalue weighted by atomic mass is 9.95. The number of rotatable bonds is 7. The molecule has 21 fully saturated rings. The lowest BCUT2D eigenvalue weighted by Gasteiger charge is -2.49. The van der Waals surface area contributed by atoms with Crippen molar-refractivity contribution in [3.05, 3.63) is 0 Å². The van der Waals surface area contributed by atoms with Gasteiger partial charge in [0.25, 0.3) is 0 Å². The molecule has 0 saturated carbocycles. The van der Waals surface area contributed by atoms with Gasteiger partial charge in [0.05, 0.1) is 67.2 Å². The third kappa shape index (κ3) is 10.9. The largest absolute Gasteiger partial charge is 0.394 e. The van der Waals surface area contributed by atoms with Gasteiger partial charge in [-0.05, 0) is 0 Å². The SMILES string of the molecule is OC[C@H]1O[C@@H]2O[C@H]3[C@H](O)[C@@H](O)[C@@H](O[C@H]4[C@@H]5S[C@@H]5[C@@H](O[C@H]5[C@H](O)[C@@H](O)[C@@H](O[C@H]6[C@@H]7S[C@@H]7[C@@H](O[C@H]7[C@H](O)[C@@H](O)[C@@H](O[C@H]8[C@H](O)[C@@H](O)[C@@H](O[C@H]1[C@H](O)[C@H]2O)O[C@@H]8CO)O[C@@H]7CO)O[C@@H]6CO)O[C@@H]5CO)O[C@@H]4CO)O[C@@H]3CO. The Labute approximate surface area is 433 Å². The van der Waals surface area contributed by atoms with Gasteiger partial charge >= 0.3 is 0 Å². The van der Waals surface area contributed by atoms with Crippen LogP contribution in [0.25, 0.3) is 0 Å². The fourth-order valence-corrected chi connectivity index (χ4v) is 13.3. The van der Waals surface area contributed by atoms with Crippen LogP contribution < -0.4 is 0 Å². The van der Waals surface area contributed by atoms with Crippen LogP contribution in [-0.2, 0) is 66.3 Å². The van der Waals surface area contributed by atoms with Gasteiger partial charge in [0.2, 0.25) is 0 Å². The van der Waals surface area contributed by atoms with Crippen LogP contribution >= 0.6 is 23.5 Å². The molecular weight excluding hydrogens is 1060 g/mol. The number of thioether (sulfide) groups is 2. The van der Waals surface area contributed by atoms with Crippen molar-refractivity contribution in [1.82, 2.24) is 0 Å². The average Bonchev–Trinajstić information content (AvgIpc) is 4.37. The van der Waals surface area contributed by atoms with Gasteiger partial charge in [0.1, 0.15) is 146 Å². The van der Waals surface area contributed by atoms with E-state index in [2.05, 4.69) is 0 Å². The van der Waals surface area contributed by atoms with Crippen molar-refractivity contribution >= 4 is 23.5 Å². The number of hydrogen-bond acceptors (Lipinski definition) is 33. The number of aliphatic hydroxyl groups excluding tert-OH is 17. The second-order valence-electron chi connectivity index (χ2n) is 19.8. The highest BCUT2D eigenvalue weighted by Gasteiger charge is 2.64. The van der Waals surface area contributed by atoms with E-state index in [1.807, 2.05) is 0 Å². The van der Waals surface area contributed by atoms with E-state index >= 15 is 0 Å². The summed E-state index contributed by atoms with van der Waals surface area (Å²) in [7, 11) is 0. The molecule has 31 nitrogen and oxygen atoms in total. The lowest BCUT2D eigenvalue weighted by Crippen LogP contribution is -2.68. The highest BCUT2D eigenvalue weighted by Crippen LogP contribution is 2.55. The average molecular weight is 1130 g/mol. The van der Waals surface area contributed by atoms with Crippen molar-refractivity contribution < 1.29 is 153 Å². The van der Waals surface area contributed by atoms with Crippen molar-refractivity contribution in [3.8, 4) is 0 Å². The Bertz CT molecular complexity index is 1870. The molecule has 0 amide bonds. The maximum atomic E-state index is 11.5. The van der Waals surface area contributed by atoms with Crippen LogP contribution in [0.3, 0.4) is 0 Å². The summed E-state index contributed by atoms with van der Waals surface area (Å²) in [6.07, 6.45) is -52.1. The van der Waals surface area contributed by atoms with E-state index in [-0.39, 0.29) is 0 Å². The molecule has 33 heteroatoms. The van der Waals surface area contributed by atoms with Crippen LogP contribution in [0.2, 0.25) is 0 Å². The molecule has 21 aliphatic heterocycles. The zero-order valence-corrected chi connectivity index (χ0v) is 40.9. The zero-order chi connectivity index (χ0) is 53.5. The molecule has 35 atom stereocenters. The second-order valence-corrected chi connectivity index (χ2v) is 22.5. The monoisotopic (exact) mass is 1130 g/mol. The summed E-state index contributed by atoms with van der Waals surface area (Å²) in [5.41, 5.74) is 0. The molecule has 0 aromatic heterocycles. The minimum Gasteiger partial charge on any atom is -0.394 e. The first-order valence-electron chi connectivity index (χ1n) is 24.5. The van der Waals surface area contributed by atoms with Crippen molar-refractivity contribution in [3.63, 3.8) is 0 Å². The van der Waals surface area contributed by atoms with Gasteiger partial charge in [-0.2, -0.15) is 0 Å². The van der Waals surface area contributed by atoms with Crippen molar-refractivity contribution in [2.75, 3.05) is 46.2 Å². The molecule has 21 rings (SSSR count). The van der Waals surface area contributed by atoms with E-state index in [9.17, 15) is 86.8 Å². The van der Waals surface area contributed by atoms with Crippen LogP contribution in [0.4, 0.5) is 0 Å². The van der Waals surface area contributed by atoms with Crippen LogP contribution in [0.15, 0.2) is 0 Å². The highest BCUT2D eigenvalue weighted by molar-refractivity contribution is 8.08. The number of aliphatic hydroxyl groups is 17. The second kappa shape index (κ2) is 23.7. The zero-order valence-electron chi connectivity index (χ0n) is 39.3. The van der Waals surface area contributed by atoms with E-state index in [0.717, 1.165) is 0 Å². The fraction of sp³-hybridized carbons (Fsp3) is 1.00. The molecule has 17 N–H and O–H groups in total. The normalized spacial score (nSPS) is 57.3. The van der Waals surface area contributed by atoms with Crippen molar-refractivity contribution in [2.45, 2.75) is 212 Å². The van der Waals surface area contributed by atoms with Crippen LogP contribution in [0.1, 0.15) is 0 Å². The summed E-state index contributed by atoms with van der Waals surface area (Å²) in [5, 5.41) is 184. The summed E-state index contributed by atoms with van der Waals surface area (Å²) in [5.74, 6) is 0. The first kappa shape index (κ1) is 57.7. The predicted octanol–water partition coefficient (Wildman–Crippen LogP) is -11.7. The van der Waals surface area contributed by atoms with Gasteiger partial charge in [0, 0.05) is 0 Å². The molecule has 21 aliphatic rings. The Balaban J connectivity index is 0.908. The summed E-state index contributed by atoms with van der Waals surface area (Å²) in [6.45, 7) is -5.88. The Morgan fingerprint density at radius 3 is 0.587 bits per heavy atom. The third-order valence-electron chi connectivity index (χ3n) is 15.2. The van der Waals surface area contributed by atoms with Crippen molar-refractivity contribution in [2.24, 2.45) is 0 Å².